The third-order valence-electron chi connectivity index (χ3n) is 1.56. The van der Waals surface area contributed by atoms with Gasteiger partial charge in [0.25, 0.3) is 0 Å². The minimum absolute atomic E-state index is 0.340. The van der Waals surface area contributed by atoms with E-state index < -0.39 is 18.5 Å². The highest BCUT2D eigenvalue weighted by Crippen LogP contribution is 2.26. The topological polar surface area (TPSA) is 40.5 Å². The predicted molar refractivity (Wildman–Crippen MR) is 37.0 cm³/mol. The van der Waals surface area contributed by atoms with Crippen LogP contribution in [0.1, 0.15) is 6.42 Å². The smallest absolute Gasteiger partial charge is 0.425 e. The van der Waals surface area contributed by atoms with Gasteiger partial charge in [-0.15, -0.1) is 0 Å². The van der Waals surface area contributed by atoms with Crippen molar-refractivity contribution >= 4 is 7.12 Å². The summed E-state index contributed by atoms with van der Waals surface area (Å²) in [6.07, 6.45) is 2.32. The summed E-state index contributed by atoms with van der Waals surface area (Å²) in [5.41, 5.74) is -2.23. The molecular weight excluding hydrogens is 153 g/mol. The quantitative estimate of drug-likeness (QED) is 0.549. The summed E-state index contributed by atoms with van der Waals surface area (Å²) in [5, 5.41) is 17.0. The van der Waals surface area contributed by atoms with Crippen LogP contribution in [0, 0.1) is 0 Å². The number of rotatable bonds is 1. The molecule has 60 valence electrons. The fourth-order valence-electron chi connectivity index (χ4n) is 0.800. The molecule has 0 saturated heterocycles. The summed E-state index contributed by atoms with van der Waals surface area (Å²) >= 11 is 0. The molecule has 0 aromatic heterocycles. The lowest BCUT2D eigenvalue weighted by atomic mass is 9.66. The molecule has 1 aliphatic rings. The second-order valence-electron chi connectivity index (χ2n) is 2.43. The highest BCUT2D eigenvalue weighted by Gasteiger charge is 2.40. The van der Waals surface area contributed by atoms with Gasteiger partial charge in [0.1, 0.15) is 5.83 Å². The molecule has 1 aliphatic carbocycles. The van der Waals surface area contributed by atoms with Crippen molar-refractivity contribution in [2.75, 3.05) is 0 Å². The fourth-order valence-corrected chi connectivity index (χ4v) is 0.800. The van der Waals surface area contributed by atoms with Crippen molar-refractivity contribution in [3.05, 3.63) is 24.1 Å². The Kier molecular flexibility index (Phi) is 2.11. The van der Waals surface area contributed by atoms with E-state index in [9.17, 15) is 8.78 Å². The molecule has 0 amide bonds. The van der Waals surface area contributed by atoms with Crippen LogP contribution in [0.4, 0.5) is 8.78 Å². The lowest BCUT2D eigenvalue weighted by molar-refractivity contribution is 0.243. The summed E-state index contributed by atoms with van der Waals surface area (Å²) in [7, 11) is -2.09. The number of hydrogen-bond donors (Lipinski definition) is 2. The molecule has 2 N–H and O–H groups in total. The van der Waals surface area contributed by atoms with Crippen LogP contribution in [-0.2, 0) is 0 Å². The van der Waals surface area contributed by atoms with Crippen molar-refractivity contribution in [1.82, 2.24) is 0 Å². The molecule has 11 heavy (non-hydrogen) atoms. The van der Waals surface area contributed by atoms with Gasteiger partial charge in [0, 0.05) is 6.42 Å². The van der Waals surface area contributed by atoms with Crippen LogP contribution in [0.25, 0.3) is 0 Å². The van der Waals surface area contributed by atoms with E-state index >= 15 is 0 Å². The molecule has 1 unspecified atom stereocenters. The van der Waals surface area contributed by atoms with Crippen molar-refractivity contribution in [2.24, 2.45) is 0 Å². The van der Waals surface area contributed by atoms with Crippen LogP contribution in [0.5, 0.6) is 0 Å². The monoisotopic (exact) mass is 160 g/mol. The highest BCUT2D eigenvalue weighted by molar-refractivity contribution is 6.46. The lowest BCUT2D eigenvalue weighted by Gasteiger charge is -2.20. The number of halogens is 2. The van der Waals surface area contributed by atoms with Crippen molar-refractivity contribution in [2.45, 2.75) is 12.0 Å². The third-order valence-corrected chi connectivity index (χ3v) is 1.56. The zero-order chi connectivity index (χ0) is 8.48. The van der Waals surface area contributed by atoms with Gasteiger partial charge in [-0.05, 0) is 18.2 Å². The second-order valence-corrected chi connectivity index (χ2v) is 2.43. The van der Waals surface area contributed by atoms with E-state index in [0.717, 1.165) is 18.2 Å². The Morgan fingerprint density at radius 3 is 2.55 bits per heavy atom. The SMILES string of the molecule is OB(O)C1(F)C=CC(F)=CC1. The fraction of sp³-hybridized carbons (Fsp3) is 0.333. The van der Waals surface area contributed by atoms with Crippen LogP contribution < -0.4 is 0 Å². The van der Waals surface area contributed by atoms with E-state index in [1.165, 1.54) is 0 Å². The average Bonchev–Trinajstić information content (AvgIpc) is 1.95. The Labute approximate surface area is 63.0 Å². The normalized spacial score (nSPS) is 30.0. The molecule has 0 aliphatic heterocycles. The zero-order valence-corrected chi connectivity index (χ0v) is 5.67. The predicted octanol–water partition coefficient (Wildman–Crippen LogP) is 0.520. The van der Waals surface area contributed by atoms with Crippen molar-refractivity contribution in [1.29, 1.82) is 0 Å². The van der Waals surface area contributed by atoms with Crippen LogP contribution in [0.2, 0.25) is 0 Å². The van der Waals surface area contributed by atoms with E-state index in [1.807, 2.05) is 0 Å². The van der Waals surface area contributed by atoms with Gasteiger partial charge < -0.3 is 10.0 Å². The van der Waals surface area contributed by atoms with Gasteiger partial charge in [-0.1, -0.05) is 0 Å². The van der Waals surface area contributed by atoms with Gasteiger partial charge in [0.05, 0.1) is 0 Å². The van der Waals surface area contributed by atoms with Gasteiger partial charge in [0.2, 0.25) is 0 Å². The van der Waals surface area contributed by atoms with E-state index in [4.69, 9.17) is 10.0 Å². The van der Waals surface area contributed by atoms with Crippen molar-refractivity contribution < 1.29 is 18.8 Å². The Balaban J connectivity index is 2.74. The molecule has 1 rings (SSSR count). The van der Waals surface area contributed by atoms with Crippen molar-refractivity contribution in [3.8, 4) is 0 Å². The summed E-state index contributed by atoms with van der Waals surface area (Å²) in [6, 6.07) is 0. The first-order valence-electron chi connectivity index (χ1n) is 3.14. The maximum Gasteiger partial charge on any atom is 0.496 e. The average molecular weight is 160 g/mol. The molecule has 0 radical (unpaired) electrons. The molecule has 0 saturated carbocycles. The van der Waals surface area contributed by atoms with Crippen molar-refractivity contribution in [3.63, 3.8) is 0 Å². The summed E-state index contributed by atoms with van der Waals surface area (Å²) < 4.78 is 25.3. The summed E-state index contributed by atoms with van der Waals surface area (Å²) in [5.74, 6) is -0.557. The van der Waals surface area contributed by atoms with Crippen LogP contribution in [0.15, 0.2) is 24.1 Å². The third kappa shape index (κ3) is 1.67. The molecule has 0 aromatic carbocycles. The Bertz CT molecular complexity index is 215. The molecule has 1 atom stereocenters. The first kappa shape index (κ1) is 8.42. The number of hydrogen-bond acceptors (Lipinski definition) is 2. The zero-order valence-electron chi connectivity index (χ0n) is 5.67. The maximum atomic E-state index is 13.1. The first-order valence-corrected chi connectivity index (χ1v) is 3.14. The second kappa shape index (κ2) is 2.75. The first-order chi connectivity index (χ1) is 5.04. The largest absolute Gasteiger partial charge is 0.496 e. The number of alkyl halides is 1. The van der Waals surface area contributed by atoms with E-state index in [0.29, 0.717) is 0 Å². The van der Waals surface area contributed by atoms with Gasteiger partial charge in [0.15, 0.2) is 5.57 Å². The maximum absolute atomic E-state index is 13.1. The summed E-state index contributed by atoms with van der Waals surface area (Å²) in [6.45, 7) is 0. The molecule has 0 heterocycles. The highest BCUT2D eigenvalue weighted by atomic mass is 19.1. The standard InChI is InChI=1S/C6H7BF2O2/c8-5-1-3-6(9,4-2-5)7(10)11/h1-3,10-11H,4H2. The van der Waals surface area contributed by atoms with Gasteiger partial charge >= 0.3 is 7.12 Å². The molecular formula is C6H7BF2O2. The molecule has 0 aromatic rings. The molecule has 0 bridgehead atoms. The van der Waals surface area contributed by atoms with E-state index in [1.54, 1.807) is 0 Å². The van der Waals surface area contributed by atoms with Crippen LogP contribution in [-0.4, -0.2) is 22.7 Å². The molecule has 2 nitrogen and oxygen atoms in total. The lowest BCUT2D eigenvalue weighted by Crippen LogP contribution is -2.41. The Hall–Kier alpha value is -0.675. The van der Waals surface area contributed by atoms with Crippen LogP contribution in [0.3, 0.4) is 0 Å². The minimum atomic E-state index is -2.23. The number of allylic oxidation sites excluding steroid dienone is 4. The van der Waals surface area contributed by atoms with Gasteiger partial charge in [-0.25, -0.2) is 8.78 Å². The molecule has 0 spiro atoms. The van der Waals surface area contributed by atoms with Gasteiger partial charge in [-0.2, -0.15) is 0 Å². The Morgan fingerprint density at radius 1 is 1.55 bits per heavy atom. The van der Waals surface area contributed by atoms with Crippen LogP contribution >= 0.6 is 0 Å². The molecule has 5 heteroatoms. The van der Waals surface area contributed by atoms with E-state index in [-0.39, 0.29) is 6.42 Å². The van der Waals surface area contributed by atoms with E-state index in [2.05, 4.69) is 0 Å². The Morgan fingerprint density at radius 2 is 2.18 bits per heavy atom. The molecule has 0 fully saturated rings. The minimum Gasteiger partial charge on any atom is -0.425 e. The summed E-state index contributed by atoms with van der Waals surface area (Å²) in [4.78, 5) is 0. The van der Waals surface area contributed by atoms with Gasteiger partial charge in [-0.3, -0.25) is 0 Å².